The van der Waals surface area contributed by atoms with E-state index in [1.54, 1.807) is 0 Å². The molecule has 0 aliphatic heterocycles. The molecule has 2 amide bonds. The van der Waals surface area contributed by atoms with Crippen LogP contribution in [0.15, 0.2) is 48.5 Å². The van der Waals surface area contributed by atoms with Crippen LogP contribution >= 0.6 is 0 Å². The molecule has 3 rings (SSSR count). The fourth-order valence-electron chi connectivity index (χ4n) is 4.46. The molecule has 0 saturated heterocycles. The number of carboxylic acids is 1. The lowest BCUT2D eigenvalue weighted by Gasteiger charge is -2.29. The molecule has 2 aromatic rings. The molecule has 0 fully saturated rings. The largest absolute Gasteiger partial charge is 0.480 e. The quantitative estimate of drug-likeness (QED) is 0.590. The summed E-state index contributed by atoms with van der Waals surface area (Å²) in [6, 6.07) is 14.8. The van der Waals surface area contributed by atoms with Crippen LogP contribution in [-0.2, 0) is 14.3 Å². The SMILES string of the molecule is C[C@@H](C(=O)O)N(C)C(=O)CC(CC(C)(C)C)NC(=O)OCC1c2ccccc2-c2ccccc21. The average molecular weight is 467 g/mol. The first-order valence-electron chi connectivity index (χ1n) is 11.6. The Kier molecular flexibility index (Phi) is 7.64. The maximum atomic E-state index is 12.8. The molecule has 1 aliphatic rings. The highest BCUT2D eigenvalue weighted by Gasteiger charge is 2.31. The van der Waals surface area contributed by atoms with Gasteiger partial charge < -0.3 is 20.1 Å². The van der Waals surface area contributed by atoms with Crippen molar-refractivity contribution < 1.29 is 24.2 Å². The molecular formula is C27H34N2O5. The Bertz CT molecular complexity index is 1010. The molecule has 0 aromatic heterocycles. The van der Waals surface area contributed by atoms with Crippen molar-refractivity contribution in [2.24, 2.45) is 5.41 Å². The molecule has 0 bridgehead atoms. The average Bonchev–Trinajstić information content (AvgIpc) is 3.09. The number of ether oxygens (including phenoxy) is 1. The molecule has 2 atom stereocenters. The van der Waals surface area contributed by atoms with Gasteiger partial charge in [-0.05, 0) is 41.0 Å². The molecule has 0 radical (unpaired) electrons. The number of fused-ring (bicyclic) bond motifs is 3. The number of amides is 2. The number of carboxylic acid groups (broad SMARTS) is 1. The van der Waals surface area contributed by atoms with Crippen LogP contribution in [0.2, 0.25) is 0 Å². The molecule has 2 N–H and O–H groups in total. The lowest BCUT2D eigenvalue weighted by atomic mass is 9.87. The first-order chi connectivity index (χ1) is 16.0. The van der Waals surface area contributed by atoms with Crippen LogP contribution in [0.3, 0.4) is 0 Å². The van der Waals surface area contributed by atoms with Gasteiger partial charge in [0.15, 0.2) is 0 Å². The van der Waals surface area contributed by atoms with Gasteiger partial charge in [0, 0.05) is 25.4 Å². The Morgan fingerprint density at radius 3 is 2.06 bits per heavy atom. The Balaban J connectivity index is 1.67. The summed E-state index contributed by atoms with van der Waals surface area (Å²) in [7, 11) is 1.46. The summed E-state index contributed by atoms with van der Waals surface area (Å²) in [4.78, 5) is 37.9. The zero-order valence-corrected chi connectivity index (χ0v) is 20.5. The fraction of sp³-hybridized carbons (Fsp3) is 0.444. The highest BCUT2D eigenvalue weighted by atomic mass is 16.5. The number of benzene rings is 2. The van der Waals surface area contributed by atoms with Crippen molar-refractivity contribution in [2.45, 2.75) is 58.5 Å². The minimum Gasteiger partial charge on any atom is -0.480 e. The van der Waals surface area contributed by atoms with Crippen molar-refractivity contribution >= 4 is 18.0 Å². The molecular weight excluding hydrogens is 432 g/mol. The predicted octanol–water partition coefficient (Wildman–Crippen LogP) is 4.65. The highest BCUT2D eigenvalue weighted by Crippen LogP contribution is 2.44. The van der Waals surface area contributed by atoms with Crippen molar-refractivity contribution in [2.75, 3.05) is 13.7 Å². The van der Waals surface area contributed by atoms with E-state index in [9.17, 15) is 19.5 Å². The zero-order chi connectivity index (χ0) is 25.0. The maximum absolute atomic E-state index is 12.8. The molecule has 34 heavy (non-hydrogen) atoms. The second-order valence-corrected chi connectivity index (χ2v) is 10.2. The third kappa shape index (κ3) is 5.95. The van der Waals surface area contributed by atoms with Crippen molar-refractivity contribution in [3.05, 3.63) is 59.7 Å². The van der Waals surface area contributed by atoms with Gasteiger partial charge in [-0.2, -0.15) is 0 Å². The summed E-state index contributed by atoms with van der Waals surface area (Å²) in [5.41, 5.74) is 4.40. The van der Waals surface area contributed by atoms with E-state index in [2.05, 4.69) is 29.6 Å². The summed E-state index contributed by atoms with van der Waals surface area (Å²) in [6.07, 6.45) is -0.0498. The first kappa shape index (κ1) is 25.3. The number of alkyl carbamates (subject to hydrolysis) is 1. The standard InChI is InChI=1S/C27H34N2O5/c1-17(25(31)32)29(5)24(30)14-18(15-27(2,3)4)28-26(33)34-16-23-21-12-8-6-10-19(21)20-11-7-9-13-22(20)23/h6-13,17-18,23H,14-16H2,1-5H3,(H,28,33)(H,31,32)/t17-,18?/m0/s1. The number of nitrogens with one attached hydrogen (secondary N) is 1. The van der Waals surface area contributed by atoms with E-state index in [1.807, 2.05) is 45.0 Å². The van der Waals surface area contributed by atoms with Gasteiger partial charge in [0.2, 0.25) is 5.91 Å². The lowest BCUT2D eigenvalue weighted by Crippen LogP contribution is -2.45. The van der Waals surface area contributed by atoms with Gasteiger partial charge in [0.05, 0.1) is 0 Å². The molecule has 0 heterocycles. The summed E-state index contributed by atoms with van der Waals surface area (Å²) in [6.45, 7) is 7.71. The zero-order valence-electron chi connectivity index (χ0n) is 20.5. The Morgan fingerprint density at radius 2 is 1.56 bits per heavy atom. The topological polar surface area (TPSA) is 95.9 Å². The summed E-state index contributed by atoms with van der Waals surface area (Å²) in [5.74, 6) is -1.47. The van der Waals surface area contributed by atoms with Crippen LogP contribution < -0.4 is 5.32 Å². The minimum atomic E-state index is -1.08. The second-order valence-electron chi connectivity index (χ2n) is 10.2. The van der Waals surface area contributed by atoms with Crippen LogP contribution in [-0.4, -0.2) is 53.7 Å². The van der Waals surface area contributed by atoms with Crippen LogP contribution in [0.4, 0.5) is 4.79 Å². The number of rotatable bonds is 8. The van der Waals surface area contributed by atoms with Gasteiger partial charge in [0.1, 0.15) is 12.6 Å². The van der Waals surface area contributed by atoms with Gasteiger partial charge in [-0.1, -0.05) is 69.3 Å². The molecule has 2 aromatic carbocycles. The number of nitrogens with zero attached hydrogens (tertiary/aromatic N) is 1. The molecule has 7 heteroatoms. The summed E-state index contributed by atoms with van der Waals surface area (Å²) >= 11 is 0. The van der Waals surface area contributed by atoms with Gasteiger partial charge in [-0.15, -0.1) is 0 Å². The van der Waals surface area contributed by atoms with Crippen LogP contribution in [0.1, 0.15) is 57.6 Å². The number of carbonyl (C=O) groups excluding carboxylic acids is 2. The van der Waals surface area contributed by atoms with Crippen molar-refractivity contribution in [3.63, 3.8) is 0 Å². The van der Waals surface area contributed by atoms with Crippen molar-refractivity contribution in [1.82, 2.24) is 10.2 Å². The van der Waals surface area contributed by atoms with E-state index in [4.69, 9.17) is 4.74 Å². The van der Waals surface area contributed by atoms with Crippen molar-refractivity contribution in [3.8, 4) is 11.1 Å². The molecule has 182 valence electrons. The first-order valence-corrected chi connectivity index (χ1v) is 11.6. The third-order valence-corrected chi connectivity index (χ3v) is 6.28. The van der Waals surface area contributed by atoms with Crippen LogP contribution in [0, 0.1) is 5.41 Å². The van der Waals surface area contributed by atoms with E-state index in [0.717, 1.165) is 22.3 Å². The molecule has 1 aliphatic carbocycles. The normalized spacial score (nSPS) is 14.5. The van der Waals surface area contributed by atoms with Crippen LogP contribution in [0.5, 0.6) is 0 Å². The molecule has 0 saturated carbocycles. The van der Waals surface area contributed by atoms with Crippen LogP contribution in [0.25, 0.3) is 11.1 Å². The highest BCUT2D eigenvalue weighted by molar-refractivity contribution is 5.84. The number of likely N-dealkylation sites (N-methyl/N-ethyl adjacent to an activating group) is 1. The van der Waals surface area contributed by atoms with Crippen molar-refractivity contribution in [1.29, 1.82) is 0 Å². The molecule has 7 nitrogen and oxygen atoms in total. The maximum Gasteiger partial charge on any atom is 0.407 e. The molecule has 0 spiro atoms. The Hall–Kier alpha value is -3.35. The van der Waals surface area contributed by atoms with Gasteiger partial charge >= 0.3 is 12.1 Å². The molecule has 1 unspecified atom stereocenters. The number of carbonyl (C=O) groups is 3. The second kappa shape index (κ2) is 10.3. The monoisotopic (exact) mass is 466 g/mol. The van der Waals surface area contributed by atoms with Gasteiger partial charge in [-0.3, -0.25) is 4.79 Å². The van der Waals surface area contributed by atoms with E-state index in [0.29, 0.717) is 6.42 Å². The number of hydrogen-bond donors (Lipinski definition) is 2. The Morgan fingerprint density at radius 1 is 1.03 bits per heavy atom. The van der Waals surface area contributed by atoms with E-state index in [-0.39, 0.29) is 30.3 Å². The Labute approximate surface area is 201 Å². The lowest BCUT2D eigenvalue weighted by molar-refractivity contribution is -0.148. The summed E-state index contributed by atoms with van der Waals surface area (Å²) < 4.78 is 5.64. The number of hydrogen-bond acceptors (Lipinski definition) is 4. The number of aliphatic carboxylic acids is 1. The van der Waals surface area contributed by atoms with E-state index in [1.165, 1.54) is 18.9 Å². The van der Waals surface area contributed by atoms with Gasteiger partial charge in [-0.25, -0.2) is 9.59 Å². The summed E-state index contributed by atoms with van der Waals surface area (Å²) in [5, 5.41) is 12.0. The van der Waals surface area contributed by atoms with Gasteiger partial charge in [0.25, 0.3) is 0 Å². The smallest absolute Gasteiger partial charge is 0.407 e. The third-order valence-electron chi connectivity index (χ3n) is 6.28. The minimum absolute atomic E-state index is 0.00438. The van der Waals surface area contributed by atoms with E-state index < -0.39 is 24.1 Å². The fourth-order valence-corrected chi connectivity index (χ4v) is 4.46. The predicted molar refractivity (Wildman–Crippen MR) is 131 cm³/mol. The van der Waals surface area contributed by atoms with E-state index >= 15 is 0 Å².